The van der Waals surface area contributed by atoms with Crippen molar-refractivity contribution in [1.82, 2.24) is 19.4 Å². The second-order valence-electron chi connectivity index (χ2n) is 11.0. The van der Waals surface area contributed by atoms with Gasteiger partial charge >= 0.3 is 12.3 Å². The number of nitrogens with zero attached hydrogens (tertiary/aromatic N) is 4. The molecule has 44 heavy (non-hydrogen) atoms. The molecule has 0 saturated heterocycles. The Kier molecular flexibility index (Phi) is 9.33. The fourth-order valence-corrected chi connectivity index (χ4v) is 4.12. The lowest BCUT2D eigenvalue weighted by molar-refractivity contribution is -0.136. The predicted octanol–water partition coefficient (Wildman–Crippen LogP) is 5.84. The van der Waals surface area contributed by atoms with Gasteiger partial charge < -0.3 is 24.4 Å². The van der Waals surface area contributed by atoms with Crippen LogP contribution >= 0.6 is 0 Å². The zero-order valence-electron chi connectivity index (χ0n) is 25.1. The molecule has 4 rings (SSSR count). The number of alkyl halides is 3. The molecule has 2 aromatic carbocycles. The van der Waals surface area contributed by atoms with Gasteiger partial charge in [-0.3, -0.25) is 14.7 Å². The Morgan fingerprint density at radius 3 is 2.48 bits per heavy atom. The van der Waals surface area contributed by atoms with Gasteiger partial charge in [-0.05, 0) is 65.2 Å². The smallest absolute Gasteiger partial charge is 0.417 e. The number of pyridine rings is 1. The maximum atomic E-state index is 14.0. The number of carbonyl (C=O) groups is 1. The standard InChI is InChI=1S/C30H33F3N6O5/c1-29(2,3)44-28(41)35-18-8-7-9-19(14-18)39-25(40)16-22(30(31,32)33)21-17-34-27(37-26(21)39)36-23-11-10-20(15-24(23)42-6)43-13-12-38(4)5/h7-11,14-17H,12-13H2,1-6H3,(H,35,41)(H,34,36,37). The van der Waals surface area contributed by atoms with Crippen LogP contribution in [0, 0.1) is 0 Å². The summed E-state index contributed by atoms with van der Waals surface area (Å²) in [5, 5.41) is 5.12. The number of methoxy groups -OCH3 is 1. The number of anilines is 3. The van der Waals surface area contributed by atoms with E-state index in [1.54, 1.807) is 45.0 Å². The van der Waals surface area contributed by atoms with Crippen molar-refractivity contribution >= 4 is 34.4 Å². The summed E-state index contributed by atoms with van der Waals surface area (Å²) in [5.41, 5.74) is -2.41. The van der Waals surface area contributed by atoms with Crippen LogP contribution in [0.25, 0.3) is 16.7 Å². The van der Waals surface area contributed by atoms with Crippen LogP contribution in [0.1, 0.15) is 26.3 Å². The average molecular weight is 615 g/mol. The predicted molar refractivity (Wildman–Crippen MR) is 160 cm³/mol. The topological polar surface area (TPSA) is 120 Å². The van der Waals surface area contributed by atoms with Gasteiger partial charge in [-0.15, -0.1) is 0 Å². The van der Waals surface area contributed by atoms with Crippen molar-refractivity contribution in [3.63, 3.8) is 0 Å². The molecule has 0 bridgehead atoms. The summed E-state index contributed by atoms with van der Waals surface area (Å²) < 4.78 is 59.4. The molecule has 0 saturated carbocycles. The average Bonchev–Trinajstić information content (AvgIpc) is 2.91. The minimum absolute atomic E-state index is 0.0902. The Morgan fingerprint density at radius 2 is 1.82 bits per heavy atom. The number of aromatic nitrogens is 3. The lowest BCUT2D eigenvalue weighted by Gasteiger charge is -2.20. The van der Waals surface area contributed by atoms with Gasteiger partial charge in [0.05, 0.1) is 24.0 Å². The molecule has 0 aliphatic heterocycles. The number of halogens is 3. The third-order valence-electron chi connectivity index (χ3n) is 6.04. The fourth-order valence-electron chi connectivity index (χ4n) is 4.12. The first kappa shape index (κ1) is 32.1. The zero-order chi connectivity index (χ0) is 32.2. The van der Waals surface area contributed by atoms with Crippen LogP contribution < -0.4 is 25.7 Å². The van der Waals surface area contributed by atoms with Crippen molar-refractivity contribution in [3.8, 4) is 17.2 Å². The molecule has 14 heteroatoms. The molecular weight excluding hydrogens is 581 g/mol. The van der Waals surface area contributed by atoms with E-state index in [1.165, 1.54) is 25.3 Å². The molecule has 0 spiro atoms. The molecular formula is C30H33F3N6O5. The van der Waals surface area contributed by atoms with E-state index in [0.717, 1.165) is 10.8 Å². The molecule has 0 atom stereocenters. The lowest BCUT2D eigenvalue weighted by Crippen LogP contribution is -2.27. The first-order valence-electron chi connectivity index (χ1n) is 13.5. The van der Waals surface area contributed by atoms with E-state index in [0.29, 0.717) is 36.4 Å². The highest BCUT2D eigenvalue weighted by atomic mass is 19.4. The number of amides is 1. The summed E-state index contributed by atoms with van der Waals surface area (Å²) in [6, 6.07) is 11.5. The number of rotatable bonds is 9. The Hall–Kier alpha value is -4.85. The molecule has 1 amide bonds. The van der Waals surface area contributed by atoms with E-state index in [-0.39, 0.29) is 23.0 Å². The van der Waals surface area contributed by atoms with Crippen molar-refractivity contribution in [2.45, 2.75) is 32.5 Å². The Balaban J connectivity index is 1.76. The van der Waals surface area contributed by atoms with Crippen molar-refractivity contribution in [2.24, 2.45) is 0 Å². The third-order valence-corrected chi connectivity index (χ3v) is 6.04. The molecule has 0 aliphatic carbocycles. The van der Waals surface area contributed by atoms with Crippen LogP contribution in [-0.4, -0.2) is 65.5 Å². The van der Waals surface area contributed by atoms with Gasteiger partial charge in [0.2, 0.25) is 5.95 Å². The van der Waals surface area contributed by atoms with E-state index in [2.05, 4.69) is 20.6 Å². The Bertz CT molecular complexity index is 1720. The van der Waals surface area contributed by atoms with Crippen LogP contribution in [0.3, 0.4) is 0 Å². The van der Waals surface area contributed by atoms with Gasteiger partial charge in [0.15, 0.2) is 5.65 Å². The number of ether oxygens (including phenoxy) is 3. The Morgan fingerprint density at radius 1 is 1.07 bits per heavy atom. The highest BCUT2D eigenvalue weighted by molar-refractivity contribution is 5.86. The molecule has 0 radical (unpaired) electrons. The summed E-state index contributed by atoms with van der Waals surface area (Å²) in [5.74, 6) is 0.836. The second kappa shape index (κ2) is 12.8. The molecule has 0 aliphatic rings. The first-order valence-corrected chi connectivity index (χ1v) is 13.5. The van der Waals surface area contributed by atoms with Crippen LogP contribution in [0.5, 0.6) is 11.5 Å². The Labute approximate surface area is 251 Å². The van der Waals surface area contributed by atoms with Crippen LogP contribution in [0.15, 0.2) is 59.5 Å². The van der Waals surface area contributed by atoms with Gasteiger partial charge in [0.25, 0.3) is 5.56 Å². The SMILES string of the molecule is COc1cc(OCCN(C)C)ccc1Nc1ncc2c(C(F)(F)F)cc(=O)n(-c3cccc(NC(=O)OC(C)(C)C)c3)c2n1. The van der Waals surface area contributed by atoms with Crippen molar-refractivity contribution in [2.75, 3.05) is 45.0 Å². The molecule has 234 valence electrons. The highest BCUT2D eigenvalue weighted by Gasteiger charge is 2.35. The summed E-state index contributed by atoms with van der Waals surface area (Å²) in [6.07, 6.45) is -4.59. The molecule has 0 unspecified atom stereocenters. The maximum Gasteiger partial charge on any atom is 0.417 e. The van der Waals surface area contributed by atoms with E-state index in [1.807, 2.05) is 19.0 Å². The van der Waals surface area contributed by atoms with Gasteiger partial charge in [0.1, 0.15) is 23.7 Å². The molecule has 4 aromatic rings. The van der Waals surface area contributed by atoms with Crippen molar-refractivity contribution in [3.05, 3.63) is 70.6 Å². The zero-order valence-corrected chi connectivity index (χ0v) is 25.1. The van der Waals surface area contributed by atoms with E-state index < -0.39 is 34.4 Å². The van der Waals surface area contributed by atoms with Crippen LogP contribution in [-0.2, 0) is 10.9 Å². The monoisotopic (exact) mass is 614 g/mol. The highest BCUT2D eigenvalue weighted by Crippen LogP contribution is 2.35. The summed E-state index contributed by atoms with van der Waals surface area (Å²) in [6.45, 7) is 6.25. The first-order chi connectivity index (χ1) is 20.6. The number of nitrogens with one attached hydrogen (secondary N) is 2. The molecule has 2 heterocycles. The van der Waals surface area contributed by atoms with Crippen LogP contribution in [0.2, 0.25) is 0 Å². The molecule has 11 nitrogen and oxygen atoms in total. The maximum absolute atomic E-state index is 14.0. The van der Waals surface area contributed by atoms with Gasteiger partial charge in [-0.1, -0.05) is 6.07 Å². The van der Waals surface area contributed by atoms with Gasteiger partial charge in [0, 0.05) is 35.9 Å². The fraction of sp³-hybridized carbons (Fsp3) is 0.333. The summed E-state index contributed by atoms with van der Waals surface area (Å²) >= 11 is 0. The van der Waals surface area contributed by atoms with E-state index in [9.17, 15) is 22.8 Å². The number of carbonyl (C=O) groups excluding carboxylic acids is 1. The minimum Gasteiger partial charge on any atom is -0.494 e. The van der Waals surface area contributed by atoms with Gasteiger partial charge in [-0.2, -0.15) is 18.2 Å². The molecule has 2 N–H and O–H groups in total. The quantitative estimate of drug-likeness (QED) is 0.240. The lowest BCUT2D eigenvalue weighted by atomic mass is 10.1. The number of fused-ring (bicyclic) bond motifs is 1. The normalized spacial score (nSPS) is 11.9. The summed E-state index contributed by atoms with van der Waals surface area (Å²) in [4.78, 5) is 35.9. The largest absolute Gasteiger partial charge is 0.494 e. The van der Waals surface area contributed by atoms with E-state index in [4.69, 9.17) is 14.2 Å². The summed E-state index contributed by atoms with van der Waals surface area (Å²) in [7, 11) is 5.31. The molecule has 2 aromatic heterocycles. The number of hydrogen-bond donors (Lipinski definition) is 2. The number of hydrogen-bond acceptors (Lipinski definition) is 9. The third kappa shape index (κ3) is 7.95. The van der Waals surface area contributed by atoms with E-state index >= 15 is 0 Å². The molecule has 0 fully saturated rings. The second-order valence-corrected chi connectivity index (χ2v) is 11.0. The van der Waals surface area contributed by atoms with Crippen LogP contribution in [0.4, 0.5) is 35.3 Å². The van der Waals surface area contributed by atoms with Crippen molar-refractivity contribution in [1.29, 1.82) is 0 Å². The number of benzene rings is 2. The van der Waals surface area contributed by atoms with Crippen molar-refractivity contribution < 1.29 is 32.2 Å². The van der Waals surface area contributed by atoms with Gasteiger partial charge in [-0.25, -0.2) is 9.78 Å². The number of likely N-dealkylation sites (N-methyl/N-ethyl adjacent to an activating group) is 1. The minimum atomic E-state index is -4.85.